The minimum Gasteiger partial charge on any atom is -0.455 e. The Morgan fingerprint density at radius 1 is 0.321 bits per heavy atom. The van der Waals surface area contributed by atoms with Gasteiger partial charge in [0.2, 0.25) is 0 Å². The third-order valence-electron chi connectivity index (χ3n) is 11.2. The third-order valence-corrected chi connectivity index (χ3v) is 11.2. The molecule has 0 atom stereocenters. The quantitative estimate of drug-likeness (QED) is 0.171. The van der Waals surface area contributed by atoms with Crippen molar-refractivity contribution in [3.05, 3.63) is 212 Å². The van der Waals surface area contributed by atoms with E-state index < -0.39 is 0 Å². The van der Waals surface area contributed by atoms with Crippen molar-refractivity contribution in [2.45, 2.75) is 0 Å². The molecule has 0 saturated heterocycles. The number of benzene rings is 10. The van der Waals surface area contributed by atoms with E-state index in [2.05, 4.69) is 217 Å². The number of nitrogens with zero attached hydrogens (tertiary/aromatic N) is 1. The Balaban J connectivity index is 1.17. The topological polar surface area (TPSA) is 16.4 Å². The van der Waals surface area contributed by atoms with Crippen molar-refractivity contribution in [2.75, 3.05) is 4.90 Å². The Kier molecular flexibility index (Phi) is 7.53. The monoisotopic (exact) mass is 713 g/mol. The zero-order valence-electron chi connectivity index (χ0n) is 30.6. The van der Waals surface area contributed by atoms with Crippen LogP contribution in [0.3, 0.4) is 0 Å². The van der Waals surface area contributed by atoms with Crippen molar-refractivity contribution in [3.63, 3.8) is 0 Å². The maximum Gasteiger partial charge on any atom is 0.143 e. The van der Waals surface area contributed by atoms with Crippen LogP contribution in [0.1, 0.15) is 0 Å². The number of hydrogen-bond donors (Lipinski definition) is 0. The summed E-state index contributed by atoms with van der Waals surface area (Å²) >= 11 is 0. The van der Waals surface area contributed by atoms with E-state index in [4.69, 9.17) is 4.42 Å². The second-order valence-corrected chi connectivity index (χ2v) is 14.5. The molecule has 2 heteroatoms. The summed E-state index contributed by atoms with van der Waals surface area (Å²) in [5.41, 5.74) is 12.1. The lowest BCUT2D eigenvalue weighted by atomic mass is 9.93. The SMILES string of the molecule is c1ccc(-c2ccc(-c3ccccc3N(c3ccc4ccccc4c3)c3cccc4oc5c6ccccc6c(-c6ccc7ccccc7c6)cc5c34)cc2)cc1. The van der Waals surface area contributed by atoms with Crippen molar-refractivity contribution in [1.29, 1.82) is 0 Å². The molecule has 1 aromatic heterocycles. The molecule has 0 bridgehead atoms. The molecule has 0 N–H and O–H groups in total. The Hall–Kier alpha value is -7.42. The lowest BCUT2D eigenvalue weighted by molar-refractivity contribution is 0.672. The number of hydrogen-bond acceptors (Lipinski definition) is 2. The van der Waals surface area contributed by atoms with Crippen LogP contribution in [-0.2, 0) is 0 Å². The van der Waals surface area contributed by atoms with Crippen LogP contribution in [0, 0.1) is 0 Å². The fourth-order valence-electron chi connectivity index (χ4n) is 8.52. The fraction of sp³-hybridized carbons (Fsp3) is 0. The largest absolute Gasteiger partial charge is 0.455 e. The Morgan fingerprint density at radius 2 is 0.911 bits per heavy atom. The maximum atomic E-state index is 6.90. The minimum absolute atomic E-state index is 0.855. The molecule has 0 amide bonds. The van der Waals surface area contributed by atoms with Crippen LogP contribution in [-0.4, -0.2) is 0 Å². The van der Waals surface area contributed by atoms with Crippen molar-refractivity contribution < 1.29 is 4.42 Å². The first-order valence-corrected chi connectivity index (χ1v) is 19.2. The molecule has 56 heavy (non-hydrogen) atoms. The van der Waals surface area contributed by atoms with E-state index in [1.165, 1.54) is 49.2 Å². The first-order chi connectivity index (χ1) is 27.8. The molecule has 0 aliphatic heterocycles. The first kappa shape index (κ1) is 32.0. The molecular formula is C54H35NO. The van der Waals surface area contributed by atoms with Gasteiger partial charge in [-0.05, 0) is 97.2 Å². The first-order valence-electron chi connectivity index (χ1n) is 19.2. The Labute approximate surface area is 325 Å². The molecule has 262 valence electrons. The summed E-state index contributed by atoms with van der Waals surface area (Å²) in [6, 6.07) is 76.5. The highest BCUT2D eigenvalue weighted by atomic mass is 16.3. The summed E-state index contributed by atoms with van der Waals surface area (Å²) in [7, 11) is 0. The van der Waals surface area contributed by atoms with Gasteiger partial charge in [-0.2, -0.15) is 0 Å². The lowest BCUT2D eigenvalue weighted by Crippen LogP contribution is -2.11. The van der Waals surface area contributed by atoms with Crippen molar-refractivity contribution in [1.82, 2.24) is 0 Å². The third kappa shape index (κ3) is 5.34. The van der Waals surface area contributed by atoms with Gasteiger partial charge in [0.05, 0.1) is 16.8 Å². The Bertz CT molecular complexity index is 3250. The van der Waals surface area contributed by atoms with Gasteiger partial charge in [0, 0.05) is 22.0 Å². The van der Waals surface area contributed by atoms with Gasteiger partial charge in [0.15, 0.2) is 0 Å². The van der Waals surface area contributed by atoms with Gasteiger partial charge in [-0.15, -0.1) is 0 Å². The van der Waals surface area contributed by atoms with Crippen molar-refractivity contribution in [3.8, 4) is 33.4 Å². The molecule has 0 spiro atoms. The number of rotatable bonds is 6. The number of anilines is 3. The zero-order chi connectivity index (χ0) is 37.0. The summed E-state index contributed by atoms with van der Waals surface area (Å²) in [5, 5.41) is 9.30. The van der Waals surface area contributed by atoms with E-state index in [-0.39, 0.29) is 0 Å². The minimum atomic E-state index is 0.855. The van der Waals surface area contributed by atoms with E-state index in [1.54, 1.807) is 0 Å². The summed E-state index contributed by atoms with van der Waals surface area (Å²) in [6.07, 6.45) is 0. The van der Waals surface area contributed by atoms with Crippen LogP contribution < -0.4 is 4.90 Å². The highest BCUT2D eigenvalue weighted by Crippen LogP contribution is 2.48. The van der Waals surface area contributed by atoms with Gasteiger partial charge in [0.1, 0.15) is 11.2 Å². The van der Waals surface area contributed by atoms with E-state index in [1.807, 2.05) is 0 Å². The predicted molar refractivity (Wildman–Crippen MR) is 237 cm³/mol. The molecular weight excluding hydrogens is 679 g/mol. The number of fused-ring (bicyclic) bond motifs is 7. The van der Waals surface area contributed by atoms with Gasteiger partial charge >= 0.3 is 0 Å². The second kappa shape index (κ2) is 13.2. The van der Waals surface area contributed by atoms with E-state index in [9.17, 15) is 0 Å². The molecule has 1 heterocycles. The maximum absolute atomic E-state index is 6.90. The molecule has 11 rings (SSSR count). The summed E-state index contributed by atoms with van der Waals surface area (Å²) in [6.45, 7) is 0. The van der Waals surface area contributed by atoms with E-state index >= 15 is 0 Å². The van der Waals surface area contributed by atoms with Gasteiger partial charge in [-0.1, -0.05) is 170 Å². The summed E-state index contributed by atoms with van der Waals surface area (Å²) in [5.74, 6) is 0. The number of para-hydroxylation sites is 1. The van der Waals surface area contributed by atoms with Crippen LogP contribution in [0.15, 0.2) is 217 Å². The normalized spacial score (nSPS) is 11.6. The van der Waals surface area contributed by atoms with Crippen LogP contribution in [0.4, 0.5) is 17.1 Å². The predicted octanol–water partition coefficient (Wildman–Crippen LogP) is 15.5. The average molecular weight is 714 g/mol. The second-order valence-electron chi connectivity index (χ2n) is 14.5. The van der Waals surface area contributed by atoms with Crippen LogP contribution in [0.5, 0.6) is 0 Å². The van der Waals surface area contributed by atoms with Crippen LogP contribution >= 0.6 is 0 Å². The van der Waals surface area contributed by atoms with Gasteiger partial charge in [-0.3, -0.25) is 0 Å². The van der Waals surface area contributed by atoms with E-state index in [0.717, 1.165) is 55.5 Å². The number of furan rings is 1. The fourth-order valence-corrected chi connectivity index (χ4v) is 8.52. The molecule has 0 saturated carbocycles. The molecule has 10 aromatic carbocycles. The van der Waals surface area contributed by atoms with Crippen molar-refractivity contribution >= 4 is 71.3 Å². The van der Waals surface area contributed by atoms with E-state index in [0.29, 0.717) is 0 Å². The molecule has 0 aliphatic rings. The van der Waals surface area contributed by atoms with Gasteiger partial charge in [0.25, 0.3) is 0 Å². The van der Waals surface area contributed by atoms with Crippen LogP contribution in [0.25, 0.3) is 87.6 Å². The standard InChI is InChI=1S/C54H35NO/c1-2-13-36(14-3-1)39-25-28-40(29-26-39)45-19-10-11-22-50(45)55(44-32-31-38-16-5-7-18-42(38)34-44)51-23-12-24-52-53(51)49-35-48(46-20-8-9-21-47(46)54(49)56-52)43-30-27-37-15-4-6-17-41(37)33-43/h1-35H. The molecule has 0 aliphatic carbocycles. The molecule has 0 fully saturated rings. The molecule has 11 aromatic rings. The highest BCUT2D eigenvalue weighted by molar-refractivity contribution is 6.23. The van der Waals surface area contributed by atoms with Gasteiger partial charge in [-0.25, -0.2) is 0 Å². The molecule has 0 unspecified atom stereocenters. The van der Waals surface area contributed by atoms with Crippen LogP contribution in [0.2, 0.25) is 0 Å². The molecule has 2 nitrogen and oxygen atoms in total. The van der Waals surface area contributed by atoms with Gasteiger partial charge < -0.3 is 9.32 Å². The Morgan fingerprint density at radius 3 is 1.71 bits per heavy atom. The summed E-state index contributed by atoms with van der Waals surface area (Å²) < 4.78 is 6.90. The molecule has 0 radical (unpaired) electrons. The highest BCUT2D eigenvalue weighted by Gasteiger charge is 2.24. The smallest absolute Gasteiger partial charge is 0.143 e. The summed E-state index contributed by atoms with van der Waals surface area (Å²) in [4.78, 5) is 2.43. The average Bonchev–Trinajstić information content (AvgIpc) is 3.66. The lowest BCUT2D eigenvalue weighted by Gasteiger charge is -2.29. The zero-order valence-corrected chi connectivity index (χ0v) is 30.6. The van der Waals surface area contributed by atoms with Crippen molar-refractivity contribution in [2.24, 2.45) is 0 Å².